The van der Waals surface area contributed by atoms with Crippen LogP contribution in [0.25, 0.3) is 0 Å². The first-order valence-corrected chi connectivity index (χ1v) is 6.30. The normalized spacial score (nSPS) is 13.1. The van der Waals surface area contributed by atoms with Crippen LogP contribution in [0.3, 0.4) is 0 Å². The summed E-state index contributed by atoms with van der Waals surface area (Å²) in [7, 11) is 3.93. The quantitative estimate of drug-likeness (QED) is 0.842. The number of aryl methyl sites for hydroxylation is 1. The van der Waals surface area contributed by atoms with E-state index in [2.05, 4.69) is 5.32 Å². The smallest absolute Gasteiger partial charge is 0.163 e. The van der Waals surface area contributed by atoms with E-state index < -0.39 is 11.6 Å². The predicted octanol–water partition coefficient (Wildman–Crippen LogP) is 2.88. The Balaban J connectivity index is 2.94. The van der Waals surface area contributed by atoms with Crippen molar-refractivity contribution in [3.05, 3.63) is 34.9 Å². The molecule has 1 rings (SSSR count). The Hall–Kier alpha value is -1.00. The summed E-state index contributed by atoms with van der Waals surface area (Å²) >= 11 is 0. The van der Waals surface area contributed by atoms with E-state index in [9.17, 15) is 8.78 Å². The highest BCUT2D eigenvalue weighted by molar-refractivity contribution is 5.28. The Bertz CT molecular complexity index is 392. The van der Waals surface area contributed by atoms with Gasteiger partial charge in [-0.2, -0.15) is 0 Å². The molecule has 1 aromatic rings. The van der Waals surface area contributed by atoms with Gasteiger partial charge < -0.3 is 10.2 Å². The summed E-state index contributed by atoms with van der Waals surface area (Å²) in [5, 5.41) is 3.21. The summed E-state index contributed by atoms with van der Waals surface area (Å²) < 4.78 is 27.5. The summed E-state index contributed by atoms with van der Waals surface area (Å²) in [5.74, 6) is -1.46. The summed E-state index contributed by atoms with van der Waals surface area (Å²) in [4.78, 5) is 2.03. The summed E-state index contributed by atoms with van der Waals surface area (Å²) in [6, 6.07) is 3.16. The fraction of sp³-hybridized carbons (Fsp3) is 0.571. The first-order valence-electron chi connectivity index (χ1n) is 6.30. The average molecular weight is 256 g/mol. The maximum absolute atomic E-state index is 13.9. The molecule has 0 aliphatic heterocycles. The number of hydrogen-bond donors (Lipinski definition) is 1. The number of rotatable bonds is 6. The van der Waals surface area contributed by atoms with Gasteiger partial charge in [0.1, 0.15) is 0 Å². The molecule has 0 aliphatic rings. The Labute approximate surface area is 108 Å². The average Bonchev–Trinajstić information content (AvgIpc) is 2.32. The Kier molecular flexibility index (Phi) is 5.69. The van der Waals surface area contributed by atoms with Crippen molar-refractivity contribution in [2.75, 3.05) is 27.2 Å². The first-order chi connectivity index (χ1) is 8.47. The van der Waals surface area contributed by atoms with Gasteiger partial charge in [-0.05, 0) is 46.1 Å². The van der Waals surface area contributed by atoms with Crippen molar-refractivity contribution >= 4 is 0 Å². The summed E-state index contributed by atoms with van der Waals surface area (Å²) in [5.41, 5.74) is 0.765. The number of benzene rings is 1. The number of nitrogens with zero attached hydrogens (tertiary/aromatic N) is 1. The van der Waals surface area contributed by atoms with E-state index >= 15 is 0 Å². The molecule has 4 heteroatoms. The summed E-state index contributed by atoms with van der Waals surface area (Å²) in [6.07, 6.45) is 0.750. The van der Waals surface area contributed by atoms with Gasteiger partial charge in [0.25, 0.3) is 0 Å². The molecule has 1 unspecified atom stereocenters. The zero-order valence-electron chi connectivity index (χ0n) is 11.6. The minimum atomic E-state index is -0.736. The van der Waals surface area contributed by atoms with Crippen molar-refractivity contribution < 1.29 is 8.78 Å². The van der Waals surface area contributed by atoms with Gasteiger partial charge in [-0.25, -0.2) is 8.78 Å². The van der Waals surface area contributed by atoms with Crippen LogP contribution in [0.2, 0.25) is 0 Å². The molecule has 0 heterocycles. The van der Waals surface area contributed by atoms with Crippen molar-refractivity contribution in [1.82, 2.24) is 10.2 Å². The molecule has 0 fully saturated rings. The molecular formula is C14H22F2N2. The molecule has 102 valence electrons. The van der Waals surface area contributed by atoms with E-state index in [0.717, 1.165) is 19.5 Å². The van der Waals surface area contributed by atoms with E-state index in [1.165, 1.54) is 0 Å². The van der Waals surface area contributed by atoms with E-state index in [1.807, 2.05) is 25.9 Å². The molecular weight excluding hydrogens is 234 g/mol. The topological polar surface area (TPSA) is 15.3 Å². The number of halogens is 2. The van der Waals surface area contributed by atoms with E-state index in [4.69, 9.17) is 0 Å². The molecule has 0 aliphatic carbocycles. The molecule has 2 nitrogen and oxygen atoms in total. The summed E-state index contributed by atoms with van der Waals surface area (Å²) in [6.45, 7) is 5.09. The van der Waals surface area contributed by atoms with Crippen LogP contribution in [0, 0.1) is 18.6 Å². The second kappa shape index (κ2) is 6.81. The molecule has 0 spiro atoms. The molecule has 0 saturated carbocycles. The van der Waals surface area contributed by atoms with E-state index in [1.54, 1.807) is 19.1 Å². The highest BCUT2D eigenvalue weighted by Crippen LogP contribution is 2.24. The van der Waals surface area contributed by atoms with Crippen LogP contribution >= 0.6 is 0 Å². The van der Waals surface area contributed by atoms with Gasteiger partial charge in [0.15, 0.2) is 11.6 Å². The van der Waals surface area contributed by atoms with Crippen LogP contribution < -0.4 is 5.32 Å². The van der Waals surface area contributed by atoms with Crippen molar-refractivity contribution in [2.45, 2.75) is 26.3 Å². The highest BCUT2D eigenvalue weighted by atomic mass is 19.2. The van der Waals surface area contributed by atoms with Gasteiger partial charge in [-0.1, -0.05) is 19.1 Å². The van der Waals surface area contributed by atoms with Crippen molar-refractivity contribution in [1.29, 1.82) is 0 Å². The highest BCUT2D eigenvalue weighted by Gasteiger charge is 2.18. The van der Waals surface area contributed by atoms with Gasteiger partial charge >= 0.3 is 0 Å². The van der Waals surface area contributed by atoms with Crippen LogP contribution in [0.15, 0.2) is 12.1 Å². The van der Waals surface area contributed by atoms with Crippen LogP contribution in [0.5, 0.6) is 0 Å². The fourth-order valence-electron chi connectivity index (χ4n) is 1.93. The Morgan fingerprint density at radius 3 is 2.44 bits per heavy atom. The largest absolute Gasteiger partial charge is 0.310 e. The standard InChI is InChI=1S/C14H22F2N2/c1-5-17-12(8-9-18(3)4)11-7-6-10(2)13(15)14(11)16/h6-7,12,17H,5,8-9H2,1-4H3. The van der Waals surface area contributed by atoms with E-state index in [-0.39, 0.29) is 6.04 Å². The number of nitrogens with one attached hydrogen (secondary N) is 1. The third kappa shape index (κ3) is 3.75. The maximum atomic E-state index is 13.9. The van der Waals surface area contributed by atoms with Crippen LogP contribution in [0.1, 0.15) is 30.5 Å². The van der Waals surface area contributed by atoms with Gasteiger partial charge in [0, 0.05) is 11.6 Å². The van der Waals surface area contributed by atoms with Crippen LogP contribution in [0.4, 0.5) is 8.78 Å². The minimum Gasteiger partial charge on any atom is -0.310 e. The third-order valence-corrected chi connectivity index (χ3v) is 3.00. The lowest BCUT2D eigenvalue weighted by Crippen LogP contribution is -2.26. The molecule has 1 atom stereocenters. The van der Waals surface area contributed by atoms with Crippen molar-refractivity contribution in [3.63, 3.8) is 0 Å². The van der Waals surface area contributed by atoms with Gasteiger partial charge in [-0.3, -0.25) is 0 Å². The van der Waals surface area contributed by atoms with Crippen molar-refractivity contribution in [3.8, 4) is 0 Å². The molecule has 18 heavy (non-hydrogen) atoms. The number of hydrogen-bond acceptors (Lipinski definition) is 2. The SMILES string of the molecule is CCNC(CCN(C)C)c1ccc(C)c(F)c1F. The van der Waals surface area contributed by atoms with Crippen molar-refractivity contribution in [2.24, 2.45) is 0 Å². The monoisotopic (exact) mass is 256 g/mol. The first kappa shape index (κ1) is 15.1. The van der Waals surface area contributed by atoms with Gasteiger partial charge in [-0.15, -0.1) is 0 Å². The Morgan fingerprint density at radius 2 is 1.89 bits per heavy atom. The van der Waals surface area contributed by atoms with E-state index in [0.29, 0.717) is 11.1 Å². The second-order valence-electron chi connectivity index (χ2n) is 4.80. The fourth-order valence-corrected chi connectivity index (χ4v) is 1.93. The lowest BCUT2D eigenvalue weighted by Gasteiger charge is -2.21. The molecule has 0 bridgehead atoms. The zero-order chi connectivity index (χ0) is 13.7. The molecule has 0 radical (unpaired) electrons. The third-order valence-electron chi connectivity index (χ3n) is 3.00. The van der Waals surface area contributed by atoms with Crippen LogP contribution in [-0.2, 0) is 0 Å². The van der Waals surface area contributed by atoms with Crippen LogP contribution in [-0.4, -0.2) is 32.1 Å². The predicted molar refractivity (Wildman–Crippen MR) is 70.7 cm³/mol. The lowest BCUT2D eigenvalue weighted by molar-refractivity contribution is 0.356. The zero-order valence-corrected chi connectivity index (χ0v) is 11.6. The lowest BCUT2D eigenvalue weighted by atomic mass is 10.0. The molecule has 0 amide bonds. The molecule has 0 saturated heterocycles. The maximum Gasteiger partial charge on any atom is 0.163 e. The van der Waals surface area contributed by atoms with Gasteiger partial charge in [0.2, 0.25) is 0 Å². The Morgan fingerprint density at radius 1 is 1.22 bits per heavy atom. The molecule has 1 N–H and O–H groups in total. The molecule has 0 aromatic heterocycles. The second-order valence-corrected chi connectivity index (χ2v) is 4.80. The van der Waals surface area contributed by atoms with Gasteiger partial charge in [0.05, 0.1) is 0 Å². The minimum absolute atomic E-state index is 0.146. The molecule has 1 aromatic carbocycles.